The van der Waals surface area contributed by atoms with Crippen LogP contribution in [0, 0.1) is 5.82 Å². The average Bonchev–Trinajstić information content (AvgIpc) is 3.55. The van der Waals surface area contributed by atoms with Gasteiger partial charge in [0.25, 0.3) is 0 Å². The molecule has 176 valence electrons. The number of fused-ring (bicyclic) bond motifs is 2. The number of anilines is 1. The van der Waals surface area contributed by atoms with E-state index in [1.54, 1.807) is 21.8 Å². The molecule has 6 heteroatoms. The molecule has 0 radical (unpaired) electrons. The summed E-state index contributed by atoms with van der Waals surface area (Å²) in [6, 6.07) is 23.6. The van der Waals surface area contributed by atoms with Gasteiger partial charge in [-0.2, -0.15) is 5.10 Å². The average molecular weight is 467 g/mol. The second kappa shape index (κ2) is 8.47. The van der Waals surface area contributed by atoms with Gasteiger partial charge in [0.15, 0.2) is 0 Å². The number of amides is 1. The first-order chi connectivity index (χ1) is 17.0. The van der Waals surface area contributed by atoms with Crippen molar-refractivity contribution in [3.8, 4) is 11.1 Å². The van der Waals surface area contributed by atoms with E-state index in [0.29, 0.717) is 12.1 Å². The summed E-state index contributed by atoms with van der Waals surface area (Å²) in [5.74, 6) is -0.236. The van der Waals surface area contributed by atoms with Crippen LogP contribution in [-0.2, 0) is 30.3 Å². The molecule has 35 heavy (non-hydrogen) atoms. The number of hydrogen-bond acceptors (Lipinski definition) is 3. The van der Waals surface area contributed by atoms with Crippen LogP contribution < -0.4 is 4.90 Å². The van der Waals surface area contributed by atoms with Crippen molar-refractivity contribution in [2.75, 3.05) is 18.0 Å². The molecule has 1 aromatic heterocycles. The number of hydrogen-bond donors (Lipinski definition) is 0. The zero-order valence-corrected chi connectivity index (χ0v) is 19.7. The number of likely N-dealkylation sites (tertiary alicyclic amines) is 1. The Morgan fingerprint density at radius 2 is 1.77 bits per heavy atom. The largest absolute Gasteiger partial charge is 0.307 e. The van der Waals surface area contributed by atoms with Crippen LogP contribution in [0.3, 0.4) is 0 Å². The first-order valence-corrected chi connectivity index (χ1v) is 12.0. The third-order valence-electron chi connectivity index (χ3n) is 7.38. The van der Waals surface area contributed by atoms with E-state index in [9.17, 15) is 4.79 Å². The van der Waals surface area contributed by atoms with Gasteiger partial charge >= 0.3 is 0 Å². The minimum atomic E-state index is -0.572. The summed E-state index contributed by atoms with van der Waals surface area (Å²) in [4.78, 5) is 18.1. The summed E-state index contributed by atoms with van der Waals surface area (Å²) in [6.07, 6.45) is 4.36. The number of carbonyl (C=O) groups is 1. The molecule has 1 atom stereocenters. The van der Waals surface area contributed by atoms with Crippen molar-refractivity contribution < 1.29 is 9.18 Å². The molecule has 1 amide bonds. The van der Waals surface area contributed by atoms with Gasteiger partial charge in [-0.05, 0) is 41.8 Å². The van der Waals surface area contributed by atoms with Crippen molar-refractivity contribution in [3.63, 3.8) is 0 Å². The lowest BCUT2D eigenvalue weighted by molar-refractivity contribution is -0.123. The quantitative estimate of drug-likeness (QED) is 0.419. The fraction of sp³-hybridized carbons (Fsp3) is 0.241. The number of para-hydroxylation sites is 1. The van der Waals surface area contributed by atoms with Crippen LogP contribution in [0.5, 0.6) is 0 Å². The second-order valence-corrected chi connectivity index (χ2v) is 9.65. The summed E-state index contributed by atoms with van der Waals surface area (Å²) >= 11 is 0. The van der Waals surface area contributed by atoms with Gasteiger partial charge in [-0.1, -0.05) is 60.7 Å². The Morgan fingerprint density at radius 3 is 2.54 bits per heavy atom. The first kappa shape index (κ1) is 21.7. The lowest BCUT2D eigenvalue weighted by atomic mass is 9.81. The summed E-state index contributed by atoms with van der Waals surface area (Å²) in [5.41, 5.74) is 4.79. The summed E-state index contributed by atoms with van der Waals surface area (Å²) in [7, 11) is 1.84. The molecule has 5 nitrogen and oxygen atoms in total. The minimum absolute atomic E-state index is 0.0741. The Hall–Kier alpha value is -3.77. The van der Waals surface area contributed by atoms with Gasteiger partial charge in [-0.3, -0.25) is 14.4 Å². The fourth-order valence-electron chi connectivity index (χ4n) is 5.61. The van der Waals surface area contributed by atoms with Crippen LogP contribution in [0.2, 0.25) is 0 Å². The molecule has 0 aliphatic carbocycles. The van der Waals surface area contributed by atoms with E-state index >= 15 is 4.39 Å². The van der Waals surface area contributed by atoms with E-state index in [1.807, 2.05) is 55.7 Å². The van der Waals surface area contributed by atoms with E-state index in [2.05, 4.69) is 28.2 Å². The van der Waals surface area contributed by atoms with Gasteiger partial charge in [0.1, 0.15) is 5.82 Å². The van der Waals surface area contributed by atoms with E-state index in [-0.39, 0.29) is 18.3 Å². The maximum Gasteiger partial charge on any atom is 0.239 e. The SMILES string of the molecule is Cn1cc(-c2ccc(CN3C(=O)C4(CCN(Cc5ccccc5)C4)c4ccccc43)c(F)c2)cn1. The van der Waals surface area contributed by atoms with Gasteiger partial charge < -0.3 is 4.90 Å². The van der Waals surface area contributed by atoms with Crippen LogP contribution in [0.25, 0.3) is 11.1 Å². The van der Waals surface area contributed by atoms with Gasteiger partial charge in [-0.15, -0.1) is 0 Å². The van der Waals surface area contributed by atoms with Crippen molar-refractivity contribution in [2.45, 2.75) is 24.9 Å². The molecule has 3 heterocycles. The molecular weight excluding hydrogens is 439 g/mol. The smallest absolute Gasteiger partial charge is 0.239 e. The molecular formula is C29H27FN4O. The molecule has 2 aliphatic rings. The first-order valence-electron chi connectivity index (χ1n) is 12.0. The molecule has 1 saturated heterocycles. The fourth-order valence-corrected chi connectivity index (χ4v) is 5.61. The summed E-state index contributed by atoms with van der Waals surface area (Å²) in [5, 5.41) is 4.17. The third kappa shape index (κ3) is 3.74. The molecule has 0 bridgehead atoms. The lowest BCUT2D eigenvalue weighted by Crippen LogP contribution is -2.42. The summed E-state index contributed by atoms with van der Waals surface area (Å²) in [6.45, 7) is 2.57. The van der Waals surface area contributed by atoms with Crippen molar-refractivity contribution in [1.29, 1.82) is 0 Å². The Morgan fingerprint density at radius 1 is 0.971 bits per heavy atom. The maximum atomic E-state index is 15.2. The van der Waals surface area contributed by atoms with E-state index in [1.165, 1.54) is 11.6 Å². The molecule has 4 aromatic rings. The third-order valence-corrected chi connectivity index (χ3v) is 7.38. The Labute approximate surface area is 204 Å². The highest BCUT2D eigenvalue weighted by atomic mass is 19.1. The van der Waals surface area contributed by atoms with Crippen LogP contribution in [0.15, 0.2) is 85.2 Å². The number of carbonyl (C=O) groups excluding carboxylic acids is 1. The summed E-state index contributed by atoms with van der Waals surface area (Å²) < 4.78 is 16.9. The maximum absolute atomic E-state index is 15.2. The Bertz CT molecular complexity index is 1400. The molecule has 1 spiro atoms. The number of rotatable bonds is 5. The van der Waals surface area contributed by atoms with Crippen LogP contribution in [-0.4, -0.2) is 33.7 Å². The zero-order chi connectivity index (χ0) is 24.0. The predicted octanol–water partition coefficient (Wildman–Crippen LogP) is 4.92. The van der Waals surface area contributed by atoms with Crippen LogP contribution >= 0.6 is 0 Å². The zero-order valence-electron chi connectivity index (χ0n) is 19.7. The molecule has 1 unspecified atom stereocenters. The Kier molecular flexibility index (Phi) is 5.26. The standard InChI is InChI=1S/C29H27FN4O/c1-32-18-24(16-31-32)22-11-12-23(26(30)15-22)19-34-27-10-6-5-9-25(27)29(28(34)35)13-14-33(20-29)17-21-7-3-2-4-8-21/h2-12,15-16,18H,13-14,17,19-20H2,1H3. The predicted molar refractivity (Wildman–Crippen MR) is 134 cm³/mol. The number of aromatic nitrogens is 2. The Balaban J connectivity index is 1.27. The highest BCUT2D eigenvalue weighted by molar-refractivity contribution is 6.08. The van der Waals surface area contributed by atoms with Crippen molar-refractivity contribution >= 4 is 11.6 Å². The highest BCUT2D eigenvalue weighted by Crippen LogP contribution is 2.48. The van der Waals surface area contributed by atoms with Crippen molar-refractivity contribution in [1.82, 2.24) is 14.7 Å². The number of benzene rings is 3. The van der Waals surface area contributed by atoms with Gasteiger partial charge in [0.2, 0.25) is 5.91 Å². The minimum Gasteiger partial charge on any atom is -0.307 e. The van der Waals surface area contributed by atoms with E-state index in [0.717, 1.165) is 41.9 Å². The van der Waals surface area contributed by atoms with Crippen molar-refractivity contribution in [3.05, 3.63) is 108 Å². The number of halogens is 1. The normalized spacial score (nSPS) is 19.6. The molecule has 1 fully saturated rings. The number of aryl methyl sites for hydroxylation is 1. The van der Waals surface area contributed by atoms with Crippen LogP contribution in [0.4, 0.5) is 10.1 Å². The molecule has 0 N–H and O–H groups in total. The number of nitrogens with zero attached hydrogens (tertiary/aromatic N) is 4. The van der Waals surface area contributed by atoms with Gasteiger partial charge in [-0.25, -0.2) is 4.39 Å². The van der Waals surface area contributed by atoms with Gasteiger partial charge in [0, 0.05) is 43.1 Å². The molecule has 6 rings (SSSR count). The van der Waals surface area contributed by atoms with Crippen LogP contribution in [0.1, 0.15) is 23.1 Å². The van der Waals surface area contributed by atoms with Gasteiger partial charge in [0.05, 0.1) is 18.2 Å². The molecule has 0 saturated carbocycles. The van der Waals surface area contributed by atoms with E-state index in [4.69, 9.17) is 0 Å². The topological polar surface area (TPSA) is 41.4 Å². The monoisotopic (exact) mass is 466 g/mol. The highest BCUT2D eigenvalue weighted by Gasteiger charge is 2.54. The second-order valence-electron chi connectivity index (χ2n) is 9.65. The van der Waals surface area contributed by atoms with E-state index < -0.39 is 5.41 Å². The van der Waals surface area contributed by atoms with Crippen molar-refractivity contribution in [2.24, 2.45) is 7.05 Å². The molecule has 3 aromatic carbocycles. The molecule has 2 aliphatic heterocycles. The lowest BCUT2D eigenvalue weighted by Gasteiger charge is -2.25.